The number of hydrogen-bond acceptors (Lipinski definition) is 4. The maximum absolute atomic E-state index is 6.81. The van der Waals surface area contributed by atoms with Gasteiger partial charge in [-0.2, -0.15) is 0 Å². The molecule has 4 atom stereocenters. The molecule has 34 heavy (non-hydrogen) atoms. The Kier molecular flexibility index (Phi) is 22.3. The summed E-state index contributed by atoms with van der Waals surface area (Å²) in [5.74, 6) is 1.76. The first kappa shape index (κ1) is 34.1. The zero-order valence-corrected chi connectivity index (χ0v) is 25.3. The van der Waals surface area contributed by atoms with Gasteiger partial charge in [0.15, 0.2) is 0 Å². The van der Waals surface area contributed by atoms with Gasteiger partial charge < -0.3 is 19.0 Å². The van der Waals surface area contributed by atoms with Crippen LogP contribution in [0.5, 0.6) is 0 Å². The molecule has 0 spiro atoms. The van der Waals surface area contributed by atoms with Crippen molar-refractivity contribution in [3.8, 4) is 0 Å². The Balaban J connectivity index is 5.60. The molecule has 0 saturated carbocycles. The van der Waals surface area contributed by atoms with Crippen molar-refractivity contribution in [1.29, 1.82) is 0 Å². The molecule has 0 saturated heterocycles. The van der Waals surface area contributed by atoms with Crippen molar-refractivity contribution < 1.29 is 13.3 Å². The van der Waals surface area contributed by atoms with Crippen molar-refractivity contribution in [3.63, 3.8) is 0 Å². The number of unbranched alkanes of at least 4 members (excludes halogenated alkanes) is 3. The fraction of sp³-hybridized carbons (Fsp3) is 1.00. The number of nitrogens with two attached hydrogens (primary N) is 1. The van der Waals surface area contributed by atoms with Gasteiger partial charge in [0.2, 0.25) is 0 Å². The lowest BCUT2D eigenvalue weighted by molar-refractivity contribution is 0.0237. The second-order valence-electron chi connectivity index (χ2n) is 10.6. The maximum atomic E-state index is 6.81. The van der Waals surface area contributed by atoms with Crippen LogP contribution in [0.2, 0.25) is 6.04 Å². The van der Waals surface area contributed by atoms with Gasteiger partial charge in [0, 0.05) is 31.9 Å². The van der Waals surface area contributed by atoms with Gasteiger partial charge in [0.25, 0.3) is 0 Å². The molecule has 5 heteroatoms. The van der Waals surface area contributed by atoms with Crippen molar-refractivity contribution in [2.45, 2.75) is 150 Å². The average molecular weight is 502 g/mol. The van der Waals surface area contributed by atoms with E-state index in [2.05, 4.69) is 48.5 Å². The Morgan fingerprint density at radius 2 is 0.882 bits per heavy atom. The monoisotopic (exact) mass is 501 g/mol. The summed E-state index contributed by atoms with van der Waals surface area (Å²) in [7, 11) is -2.81. The van der Waals surface area contributed by atoms with Gasteiger partial charge in [-0.05, 0) is 49.9 Å². The first-order valence-corrected chi connectivity index (χ1v) is 17.0. The summed E-state index contributed by atoms with van der Waals surface area (Å²) in [6.45, 7) is 18.1. The van der Waals surface area contributed by atoms with Crippen LogP contribution in [0.15, 0.2) is 0 Å². The lowest BCUT2D eigenvalue weighted by Crippen LogP contribution is -2.49. The molecular formula is C29H63NO3Si. The Morgan fingerprint density at radius 3 is 1.15 bits per heavy atom. The van der Waals surface area contributed by atoms with E-state index in [1.807, 2.05) is 0 Å². The van der Waals surface area contributed by atoms with Crippen LogP contribution >= 0.6 is 0 Å². The van der Waals surface area contributed by atoms with Crippen LogP contribution in [-0.4, -0.2) is 34.7 Å². The Bertz CT molecular complexity index is 387. The minimum absolute atomic E-state index is 0.189. The topological polar surface area (TPSA) is 53.7 Å². The lowest BCUT2D eigenvalue weighted by atomic mass is 10.0. The second-order valence-corrected chi connectivity index (χ2v) is 13.3. The Hall–Kier alpha value is 0.0569. The molecule has 2 N–H and O–H groups in total. The van der Waals surface area contributed by atoms with E-state index in [0.717, 1.165) is 58.0 Å². The van der Waals surface area contributed by atoms with Crippen molar-refractivity contribution in [3.05, 3.63) is 0 Å². The zero-order chi connectivity index (χ0) is 25.7. The first-order valence-electron chi connectivity index (χ1n) is 15.1. The van der Waals surface area contributed by atoms with E-state index in [9.17, 15) is 0 Å². The molecule has 0 aromatic heterocycles. The predicted molar refractivity (Wildman–Crippen MR) is 151 cm³/mol. The van der Waals surface area contributed by atoms with Crippen LogP contribution < -0.4 is 5.73 Å². The minimum atomic E-state index is -2.81. The predicted octanol–water partition coefficient (Wildman–Crippen LogP) is 8.75. The van der Waals surface area contributed by atoms with E-state index in [4.69, 9.17) is 19.0 Å². The summed E-state index contributed by atoms with van der Waals surface area (Å²) in [4.78, 5) is 0. The summed E-state index contributed by atoms with van der Waals surface area (Å²) in [6, 6.07) is 1.04. The molecule has 0 heterocycles. The molecule has 0 aliphatic rings. The van der Waals surface area contributed by atoms with Gasteiger partial charge in [-0.3, -0.25) is 0 Å². The van der Waals surface area contributed by atoms with Crippen LogP contribution in [0, 0.1) is 17.8 Å². The lowest BCUT2D eigenvalue weighted by Gasteiger charge is -2.34. The van der Waals surface area contributed by atoms with Crippen molar-refractivity contribution in [2.75, 3.05) is 19.8 Å². The van der Waals surface area contributed by atoms with Crippen LogP contribution in [0.3, 0.4) is 0 Å². The molecule has 0 bridgehead atoms. The molecule has 0 aromatic carbocycles. The molecule has 0 amide bonds. The highest BCUT2D eigenvalue weighted by molar-refractivity contribution is 6.60. The molecule has 4 unspecified atom stereocenters. The average Bonchev–Trinajstić information content (AvgIpc) is 2.87. The molecule has 0 fully saturated rings. The fourth-order valence-corrected chi connectivity index (χ4v) is 7.21. The third-order valence-corrected chi connectivity index (χ3v) is 10.3. The normalized spacial score (nSPS) is 17.3. The Labute approximate surface area is 215 Å². The van der Waals surface area contributed by atoms with Gasteiger partial charge in [-0.1, -0.05) is 106 Å². The largest absolute Gasteiger partial charge is 0.501 e. The highest BCUT2D eigenvalue weighted by Crippen LogP contribution is 2.27. The van der Waals surface area contributed by atoms with E-state index in [1.54, 1.807) is 0 Å². The van der Waals surface area contributed by atoms with E-state index in [1.165, 1.54) is 57.8 Å². The molecule has 0 rings (SSSR count). The fourth-order valence-electron chi connectivity index (χ4n) is 4.34. The van der Waals surface area contributed by atoms with Crippen LogP contribution in [-0.2, 0) is 13.3 Å². The van der Waals surface area contributed by atoms with Crippen LogP contribution in [0.25, 0.3) is 0 Å². The molecule has 0 aromatic rings. The first-order chi connectivity index (χ1) is 16.4. The van der Waals surface area contributed by atoms with Crippen LogP contribution in [0.1, 0.15) is 138 Å². The Morgan fingerprint density at radius 1 is 0.529 bits per heavy atom. The maximum Gasteiger partial charge on any atom is 0.501 e. The van der Waals surface area contributed by atoms with E-state index >= 15 is 0 Å². The quantitative estimate of drug-likeness (QED) is 0.127. The second kappa shape index (κ2) is 22.3. The standard InChI is InChI=1S/C29H63NO3Si/c1-8-15-18-26(11-4)23-31-34(22-21-29(30)14-7,32-24-27(12-5)19-16-9-2)33-25-28(13-6)20-17-10-3/h26-29H,8-25,30H2,1-7H3. The van der Waals surface area contributed by atoms with Crippen LogP contribution in [0.4, 0.5) is 0 Å². The van der Waals surface area contributed by atoms with E-state index < -0.39 is 8.80 Å². The number of hydrogen-bond donors (Lipinski definition) is 1. The van der Waals surface area contributed by atoms with Gasteiger partial charge >= 0.3 is 8.80 Å². The summed E-state index contributed by atoms with van der Waals surface area (Å²) < 4.78 is 20.4. The highest BCUT2D eigenvalue weighted by atomic mass is 28.4. The molecule has 4 nitrogen and oxygen atoms in total. The van der Waals surface area contributed by atoms with Gasteiger partial charge in [-0.15, -0.1) is 0 Å². The molecule has 0 aliphatic heterocycles. The van der Waals surface area contributed by atoms with Gasteiger partial charge in [0.1, 0.15) is 0 Å². The third-order valence-electron chi connectivity index (χ3n) is 7.59. The highest BCUT2D eigenvalue weighted by Gasteiger charge is 2.42. The zero-order valence-electron chi connectivity index (χ0n) is 24.3. The summed E-state index contributed by atoms with van der Waals surface area (Å²) in [5.41, 5.74) is 6.38. The van der Waals surface area contributed by atoms with E-state index in [0.29, 0.717) is 17.8 Å². The SMILES string of the molecule is CCCCC(CC)CO[Si](CCC(N)CC)(OCC(CC)CCCC)OCC(CC)CCCC. The molecular weight excluding hydrogens is 438 g/mol. The van der Waals surface area contributed by atoms with Crippen molar-refractivity contribution in [1.82, 2.24) is 0 Å². The summed E-state index contributed by atoms with van der Waals surface area (Å²) in [5, 5.41) is 0. The van der Waals surface area contributed by atoms with E-state index in [-0.39, 0.29) is 6.04 Å². The van der Waals surface area contributed by atoms with Gasteiger partial charge in [-0.25, -0.2) is 0 Å². The van der Waals surface area contributed by atoms with Crippen molar-refractivity contribution in [2.24, 2.45) is 23.5 Å². The molecule has 0 aliphatic carbocycles. The smallest absolute Gasteiger partial charge is 0.373 e. The van der Waals surface area contributed by atoms with Gasteiger partial charge in [0.05, 0.1) is 0 Å². The summed E-state index contributed by atoms with van der Waals surface area (Å²) in [6.07, 6.45) is 16.6. The van der Waals surface area contributed by atoms with Crippen molar-refractivity contribution >= 4 is 8.80 Å². The number of rotatable bonds is 25. The molecule has 206 valence electrons. The minimum Gasteiger partial charge on any atom is -0.373 e. The summed E-state index contributed by atoms with van der Waals surface area (Å²) >= 11 is 0. The third kappa shape index (κ3) is 15.9. The molecule has 0 radical (unpaired) electrons.